The van der Waals surface area contributed by atoms with Crippen LogP contribution in [0.25, 0.3) is 0 Å². The summed E-state index contributed by atoms with van der Waals surface area (Å²) in [6.45, 7) is 1.49. The first kappa shape index (κ1) is 10.3. The molecule has 1 aromatic carbocycles. The highest BCUT2D eigenvalue weighted by Crippen LogP contribution is 2.07. The van der Waals surface area contributed by atoms with Gasteiger partial charge in [-0.2, -0.15) is 0 Å². The predicted molar refractivity (Wildman–Crippen MR) is 58.4 cm³/mol. The Labute approximate surface area is 92.5 Å². The Morgan fingerprint density at radius 3 is 2.25 bits per heavy atom. The van der Waals surface area contributed by atoms with Crippen molar-refractivity contribution in [1.82, 2.24) is 9.55 Å². The molecule has 4 nitrogen and oxygen atoms in total. The van der Waals surface area contributed by atoms with E-state index in [-0.39, 0.29) is 11.7 Å². The molecule has 0 radical (unpaired) electrons. The third-order valence-electron chi connectivity index (χ3n) is 2.28. The molecule has 0 unspecified atom stereocenters. The molecule has 2 aromatic rings. The summed E-state index contributed by atoms with van der Waals surface area (Å²) in [6.07, 6.45) is 4.57. The fourth-order valence-electron chi connectivity index (χ4n) is 1.38. The van der Waals surface area contributed by atoms with Crippen LogP contribution in [0.5, 0.6) is 0 Å². The molecule has 0 amide bonds. The number of imidazole rings is 1. The quantitative estimate of drug-likeness (QED) is 0.716. The van der Waals surface area contributed by atoms with Gasteiger partial charge in [0.25, 0.3) is 5.91 Å². The van der Waals surface area contributed by atoms with E-state index in [0.717, 1.165) is 0 Å². The highest BCUT2D eigenvalue weighted by molar-refractivity contribution is 5.98. The molecule has 16 heavy (non-hydrogen) atoms. The smallest absolute Gasteiger partial charge is 0.263 e. The molecule has 2 rings (SSSR count). The van der Waals surface area contributed by atoms with Crippen LogP contribution < -0.4 is 0 Å². The number of carbonyl (C=O) groups is 2. The summed E-state index contributed by atoms with van der Waals surface area (Å²) in [5.41, 5.74) is 1.13. The first-order chi connectivity index (χ1) is 7.68. The van der Waals surface area contributed by atoms with Gasteiger partial charge in [-0.05, 0) is 19.1 Å². The fourth-order valence-corrected chi connectivity index (χ4v) is 1.38. The van der Waals surface area contributed by atoms with Crippen molar-refractivity contribution in [3.63, 3.8) is 0 Å². The Morgan fingerprint density at radius 2 is 1.75 bits per heavy atom. The van der Waals surface area contributed by atoms with E-state index in [1.807, 2.05) is 0 Å². The molecule has 80 valence electrons. The van der Waals surface area contributed by atoms with Crippen LogP contribution in [-0.4, -0.2) is 21.2 Å². The Morgan fingerprint density at radius 1 is 1.12 bits per heavy atom. The zero-order valence-electron chi connectivity index (χ0n) is 8.75. The SMILES string of the molecule is CC(=O)c1ccc(C(=O)n2ccnc2)cc1. The highest BCUT2D eigenvalue weighted by Gasteiger charge is 2.07. The lowest BCUT2D eigenvalue weighted by molar-refractivity contribution is 0.0957. The van der Waals surface area contributed by atoms with Crippen LogP contribution in [0.4, 0.5) is 0 Å². The van der Waals surface area contributed by atoms with Gasteiger partial charge in [0.1, 0.15) is 6.33 Å². The largest absolute Gasteiger partial charge is 0.295 e. The van der Waals surface area contributed by atoms with Crippen molar-refractivity contribution in [1.29, 1.82) is 0 Å². The average molecular weight is 214 g/mol. The second kappa shape index (κ2) is 4.10. The van der Waals surface area contributed by atoms with E-state index in [0.29, 0.717) is 11.1 Å². The summed E-state index contributed by atoms with van der Waals surface area (Å²) in [5.74, 6) is -0.172. The van der Waals surface area contributed by atoms with Crippen LogP contribution in [0.2, 0.25) is 0 Å². The first-order valence-corrected chi connectivity index (χ1v) is 4.82. The number of Topliss-reactive ketones (excluding diaryl/α,β-unsaturated/α-hetero) is 1. The van der Waals surface area contributed by atoms with Gasteiger partial charge in [0.05, 0.1) is 0 Å². The topological polar surface area (TPSA) is 52.0 Å². The van der Waals surface area contributed by atoms with Crippen LogP contribution in [0.3, 0.4) is 0 Å². The molecule has 0 aliphatic carbocycles. The molecule has 1 aromatic heterocycles. The van der Waals surface area contributed by atoms with Gasteiger partial charge in [0, 0.05) is 23.5 Å². The molecule has 0 saturated heterocycles. The van der Waals surface area contributed by atoms with Crippen LogP contribution in [0.15, 0.2) is 43.0 Å². The second-order valence-corrected chi connectivity index (χ2v) is 3.41. The van der Waals surface area contributed by atoms with Gasteiger partial charge < -0.3 is 0 Å². The van der Waals surface area contributed by atoms with Gasteiger partial charge in [0.2, 0.25) is 0 Å². The Kier molecular flexibility index (Phi) is 2.64. The number of aromatic nitrogens is 2. The van der Waals surface area contributed by atoms with E-state index < -0.39 is 0 Å². The van der Waals surface area contributed by atoms with E-state index in [1.54, 1.807) is 36.7 Å². The molecule has 0 aliphatic heterocycles. The number of hydrogen-bond acceptors (Lipinski definition) is 3. The van der Waals surface area contributed by atoms with Crippen LogP contribution in [-0.2, 0) is 0 Å². The standard InChI is InChI=1S/C12H10N2O2/c1-9(15)10-2-4-11(5-3-10)12(16)14-7-6-13-8-14/h2-8H,1H3. The fraction of sp³-hybridized carbons (Fsp3) is 0.0833. The van der Waals surface area contributed by atoms with Crippen molar-refractivity contribution in [3.8, 4) is 0 Å². The molecule has 0 aliphatic rings. The summed E-state index contributed by atoms with van der Waals surface area (Å²) in [6, 6.07) is 6.57. The maximum Gasteiger partial charge on any atom is 0.263 e. The second-order valence-electron chi connectivity index (χ2n) is 3.41. The molecule has 0 saturated carbocycles. The molecular weight excluding hydrogens is 204 g/mol. The van der Waals surface area contributed by atoms with Gasteiger partial charge >= 0.3 is 0 Å². The lowest BCUT2D eigenvalue weighted by Crippen LogP contribution is -2.09. The minimum Gasteiger partial charge on any atom is -0.295 e. The predicted octanol–water partition coefficient (Wildman–Crippen LogP) is 1.77. The zero-order chi connectivity index (χ0) is 11.5. The van der Waals surface area contributed by atoms with E-state index in [4.69, 9.17) is 0 Å². The summed E-state index contributed by atoms with van der Waals surface area (Å²) >= 11 is 0. The van der Waals surface area contributed by atoms with Crippen molar-refractivity contribution >= 4 is 11.7 Å². The van der Waals surface area contributed by atoms with Gasteiger partial charge in [-0.3, -0.25) is 14.2 Å². The van der Waals surface area contributed by atoms with Crippen molar-refractivity contribution in [3.05, 3.63) is 54.1 Å². The minimum atomic E-state index is -0.160. The van der Waals surface area contributed by atoms with Crippen molar-refractivity contribution < 1.29 is 9.59 Å². The van der Waals surface area contributed by atoms with Crippen LogP contribution in [0.1, 0.15) is 27.6 Å². The molecule has 0 bridgehead atoms. The first-order valence-electron chi connectivity index (χ1n) is 4.82. The van der Waals surface area contributed by atoms with Gasteiger partial charge in [-0.15, -0.1) is 0 Å². The number of carbonyl (C=O) groups excluding carboxylic acids is 2. The number of hydrogen-bond donors (Lipinski definition) is 0. The number of nitrogens with zero attached hydrogens (tertiary/aromatic N) is 2. The summed E-state index contributed by atoms with van der Waals surface area (Å²) in [4.78, 5) is 26.7. The number of rotatable bonds is 2. The van der Waals surface area contributed by atoms with E-state index in [2.05, 4.69) is 4.98 Å². The molecule has 0 N–H and O–H groups in total. The Bertz CT molecular complexity index is 512. The monoisotopic (exact) mass is 214 g/mol. The summed E-state index contributed by atoms with van der Waals surface area (Å²) in [5, 5.41) is 0. The lowest BCUT2D eigenvalue weighted by Gasteiger charge is -2.01. The van der Waals surface area contributed by atoms with Crippen molar-refractivity contribution in [2.24, 2.45) is 0 Å². The number of ketones is 1. The maximum atomic E-state index is 11.8. The Hall–Kier alpha value is -2.23. The normalized spacial score (nSPS) is 10.1. The molecule has 0 fully saturated rings. The molecule has 0 spiro atoms. The van der Waals surface area contributed by atoms with Crippen molar-refractivity contribution in [2.45, 2.75) is 6.92 Å². The van der Waals surface area contributed by atoms with Gasteiger partial charge in [-0.25, -0.2) is 4.98 Å². The molecule has 0 atom stereocenters. The minimum absolute atomic E-state index is 0.0124. The Balaban J connectivity index is 2.29. The highest BCUT2D eigenvalue weighted by atomic mass is 16.2. The van der Waals surface area contributed by atoms with Gasteiger partial charge in [0.15, 0.2) is 5.78 Å². The van der Waals surface area contributed by atoms with Crippen LogP contribution >= 0.6 is 0 Å². The molecule has 1 heterocycles. The molecule has 4 heteroatoms. The third kappa shape index (κ3) is 1.91. The average Bonchev–Trinajstić information content (AvgIpc) is 2.81. The molecular formula is C12H10N2O2. The van der Waals surface area contributed by atoms with Crippen molar-refractivity contribution in [2.75, 3.05) is 0 Å². The van der Waals surface area contributed by atoms with E-state index in [1.165, 1.54) is 17.8 Å². The van der Waals surface area contributed by atoms with Crippen LogP contribution in [0, 0.1) is 0 Å². The third-order valence-corrected chi connectivity index (χ3v) is 2.28. The summed E-state index contributed by atoms with van der Waals surface area (Å²) in [7, 11) is 0. The van der Waals surface area contributed by atoms with E-state index >= 15 is 0 Å². The zero-order valence-corrected chi connectivity index (χ0v) is 8.75. The van der Waals surface area contributed by atoms with Gasteiger partial charge in [-0.1, -0.05) is 12.1 Å². The maximum absolute atomic E-state index is 11.8. The lowest BCUT2D eigenvalue weighted by atomic mass is 10.1. The summed E-state index contributed by atoms with van der Waals surface area (Å²) < 4.78 is 1.39. The van der Waals surface area contributed by atoms with E-state index in [9.17, 15) is 9.59 Å². The number of benzene rings is 1.